The number of hydrogen-bond acceptors (Lipinski definition) is 2. The maximum Gasteiger partial charge on any atom is 0.330 e. The third kappa shape index (κ3) is 9.03. The zero-order valence-corrected chi connectivity index (χ0v) is 7.74. The van der Waals surface area contributed by atoms with Gasteiger partial charge in [0.15, 0.2) is 0 Å². The number of halogens is 1. The van der Waals surface area contributed by atoms with Gasteiger partial charge in [-0.2, -0.15) is 0 Å². The number of urea groups is 1. The summed E-state index contributed by atoms with van der Waals surface area (Å²) < 4.78 is 0. The minimum atomic E-state index is -0.755. The van der Waals surface area contributed by atoms with Crippen molar-refractivity contribution in [2.45, 2.75) is 26.2 Å². The molecule has 0 aliphatic carbocycles. The molecule has 0 saturated carbocycles. The summed E-state index contributed by atoms with van der Waals surface area (Å²) >= 11 is 0. The summed E-state index contributed by atoms with van der Waals surface area (Å²) in [5.74, 6) is -0.217. The smallest absolute Gasteiger partial charge is 0.330 e. The summed E-state index contributed by atoms with van der Waals surface area (Å²) in [5.41, 5.74) is 8.85. The Morgan fingerprint density at radius 2 is 1.92 bits per heavy atom. The Hall–Kier alpha value is -0.970. The number of amides is 3. The van der Waals surface area contributed by atoms with E-state index in [9.17, 15) is 9.59 Å². The Bertz CT molecular complexity index is 152. The van der Waals surface area contributed by atoms with Gasteiger partial charge in [-0.25, -0.2) is 10.2 Å². The molecule has 72 valence electrons. The highest BCUT2D eigenvalue weighted by molar-refractivity contribution is 5.85. The van der Waals surface area contributed by atoms with E-state index in [1.54, 1.807) is 0 Å². The fraction of sp³-hybridized carbons (Fsp3) is 0.667. The number of hydrazine groups is 1. The first kappa shape index (κ1) is 13.6. The van der Waals surface area contributed by atoms with Gasteiger partial charge in [-0.15, -0.1) is 12.4 Å². The van der Waals surface area contributed by atoms with E-state index in [-0.39, 0.29) is 18.3 Å². The van der Waals surface area contributed by atoms with Gasteiger partial charge in [0.05, 0.1) is 0 Å². The Balaban J connectivity index is 0. The van der Waals surface area contributed by atoms with Crippen molar-refractivity contribution in [3.05, 3.63) is 0 Å². The molecule has 4 N–H and O–H groups in total. The molecule has 0 atom stereocenters. The van der Waals surface area contributed by atoms with Crippen LogP contribution in [0.1, 0.15) is 26.2 Å². The van der Waals surface area contributed by atoms with Crippen LogP contribution < -0.4 is 16.6 Å². The van der Waals surface area contributed by atoms with Crippen molar-refractivity contribution in [3.63, 3.8) is 0 Å². The molecule has 6 heteroatoms. The van der Waals surface area contributed by atoms with Crippen LogP contribution in [-0.2, 0) is 4.79 Å². The van der Waals surface area contributed by atoms with Crippen LogP contribution >= 0.6 is 12.4 Å². The predicted octanol–water partition coefficient (Wildman–Crippen LogP) is 0.298. The Morgan fingerprint density at radius 1 is 1.33 bits per heavy atom. The first-order chi connectivity index (χ1) is 5.16. The lowest BCUT2D eigenvalue weighted by atomic mass is 10.2. The summed E-state index contributed by atoms with van der Waals surface area (Å²) in [6.07, 6.45) is 2.17. The molecule has 0 aromatic carbocycles. The Morgan fingerprint density at radius 3 is 2.33 bits per heavy atom. The van der Waals surface area contributed by atoms with E-state index in [0.717, 1.165) is 12.8 Å². The summed E-state index contributed by atoms with van der Waals surface area (Å²) in [6.45, 7) is 1.98. The number of carbonyl (C=O) groups excluding carboxylic acids is 2. The molecular weight excluding hydrogens is 182 g/mol. The van der Waals surface area contributed by atoms with Crippen LogP contribution in [0.5, 0.6) is 0 Å². The summed E-state index contributed by atoms with van der Waals surface area (Å²) in [7, 11) is 0. The van der Waals surface area contributed by atoms with Gasteiger partial charge >= 0.3 is 6.03 Å². The molecule has 12 heavy (non-hydrogen) atoms. The quantitative estimate of drug-likeness (QED) is 0.566. The maximum absolute atomic E-state index is 10.7. The minimum Gasteiger partial charge on any atom is -0.350 e. The van der Waals surface area contributed by atoms with E-state index in [1.807, 2.05) is 12.3 Å². The number of primary amides is 1. The number of hydrogen-bond donors (Lipinski definition) is 3. The highest BCUT2D eigenvalue weighted by Crippen LogP contribution is 1.91. The van der Waals surface area contributed by atoms with Crippen molar-refractivity contribution < 1.29 is 9.59 Å². The largest absolute Gasteiger partial charge is 0.350 e. The van der Waals surface area contributed by atoms with E-state index < -0.39 is 6.03 Å². The lowest BCUT2D eigenvalue weighted by Gasteiger charge is -2.02. The van der Waals surface area contributed by atoms with E-state index in [1.165, 1.54) is 0 Å². The van der Waals surface area contributed by atoms with Gasteiger partial charge in [0.1, 0.15) is 0 Å². The standard InChI is InChI=1S/C6H13N3O2.ClH/c1-2-3-4-5(10)8-9-6(7)11;/h2-4H2,1H3,(H,8,10)(H3,7,9,11);1H. The van der Waals surface area contributed by atoms with Gasteiger partial charge in [0.2, 0.25) is 5.91 Å². The molecule has 0 fully saturated rings. The number of carbonyl (C=O) groups is 2. The highest BCUT2D eigenvalue weighted by atomic mass is 35.5. The lowest BCUT2D eigenvalue weighted by Crippen LogP contribution is -2.44. The van der Waals surface area contributed by atoms with E-state index >= 15 is 0 Å². The molecule has 0 bridgehead atoms. The van der Waals surface area contributed by atoms with E-state index in [2.05, 4.69) is 5.43 Å². The van der Waals surface area contributed by atoms with Crippen molar-refractivity contribution in [1.29, 1.82) is 0 Å². The molecule has 0 heterocycles. The second-order valence-electron chi connectivity index (χ2n) is 2.14. The average molecular weight is 196 g/mol. The number of unbranched alkanes of at least 4 members (excludes halogenated alkanes) is 1. The zero-order chi connectivity index (χ0) is 8.69. The van der Waals surface area contributed by atoms with Crippen LogP contribution in [0.3, 0.4) is 0 Å². The SMILES string of the molecule is CCCCC(=O)NNC(N)=O.Cl. The van der Waals surface area contributed by atoms with Crippen LogP contribution in [0.2, 0.25) is 0 Å². The van der Waals surface area contributed by atoms with Crippen molar-refractivity contribution in [1.82, 2.24) is 10.9 Å². The van der Waals surface area contributed by atoms with Crippen LogP contribution in [0, 0.1) is 0 Å². The average Bonchev–Trinajstić information content (AvgIpc) is 1.97. The molecule has 0 aromatic heterocycles. The molecule has 0 unspecified atom stereocenters. The summed E-state index contributed by atoms with van der Waals surface area (Å²) in [6, 6.07) is -0.755. The van der Waals surface area contributed by atoms with Crippen LogP contribution in [0.25, 0.3) is 0 Å². The Labute approximate surface area is 77.4 Å². The van der Waals surface area contributed by atoms with Crippen molar-refractivity contribution in [2.24, 2.45) is 5.73 Å². The third-order valence-corrected chi connectivity index (χ3v) is 1.08. The molecule has 0 spiro atoms. The normalized spacial score (nSPS) is 8.08. The second kappa shape index (κ2) is 8.13. The van der Waals surface area contributed by atoms with Gasteiger partial charge in [-0.3, -0.25) is 10.2 Å². The monoisotopic (exact) mass is 195 g/mol. The van der Waals surface area contributed by atoms with Crippen LogP contribution in [0.4, 0.5) is 4.79 Å². The fourth-order valence-electron chi connectivity index (χ4n) is 0.531. The lowest BCUT2D eigenvalue weighted by molar-refractivity contribution is -0.121. The zero-order valence-electron chi connectivity index (χ0n) is 6.92. The topological polar surface area (TPSA) is 84.2 Å². The molecule has 0 saturated heterocycles. The molecule has 0 aliphatic heterocycles. The van der Waals surface area contributed by atoms with Crippen molar-refractivity contribution in [3.8, 4) is 0 Å². The maximum atomic E-state index is 10.7. The molecular formula is C6H14ClN3O2. The van der Waals surface area contributed by atoms with Gasteiger partial charge in [-0.1, -0.05) is 13.3 Å². The molecule has 0 radical (unpaired) electrons. The minimum absolute atomic E-state index is 0. The second-order valence-corrected chi connectivity index (χ2v) is 2.14. The molecule has 0 aliphatic rings. The summed E-state index contributed by atoms with van der Waals surface area (Å²) in [4.78, 5) is 20.8. The number of rotatable bonds is 3. The van der Waals surface area contributed by atoms with Crippen LogP contribution in [-0.4, -0.2) is 11.9 Å². The fourth-order valence-corrected chi connectivity index (χ4v) is 0.531. The number of nitrogens with one attached hydrogen (secondary N) is 2. The van der Waals surface area contributed by atoms with Gasteiger partial charge in [-0.05, 0) is 6.42 Å². The first-order valence-electron chi connectivity index (χ1n) is 3.51. The summed E-state index contributed by atoms with van der Waals surface area (Å²) in [5, 5.41) is 0. The molecule has 3 amide bonds. The number of nitrogens with two attached hydrogens (primary N) is 1. The van der Waals surface area contributed by atoms with E-state index in [4.69, 9.17) is 5.73 Å². The predicted molar refractivity (Wildman–Crippen MR) is 47.6 cm³/mol. The highest BCUT2D eigenvalue weighted by Gasteiger charge is 1.98. The Kier molecular flexibility index (Phi) is 9.22. The first-order valence-corrected chi connectivity index (χ1v) is 3.51. The van der Waals surface area contributed by atoms with Crippen molar-refractivity contribution >= 4 is 24.3 Å². The van der Waals surface area contributed by atoms with Gasteiger partial charge in [0.25, 0.3) is 0 Å². The van der Waals surface area contributed by atoms with Gasteiger partial charge in [0, 0.05) is 6.42 Å². The van der Waals surface area contributed by atoms with E-state index in [0.29, 0.717) is 6.42 Å². The van der Waals surface area contributed by atoms with Crippen molar-refractivity contribution in [2.75, 3.05) is 0 Å². The molecule has 0 rings (SSSR count). The molecule has 5 nitrogen and oxygen atoms in total. The molecule has 0 aromatic rings. The van der Waals surface area contributed by atoms with Crippen LogP contribution in [0.15, 0.2) is 0 Å². The third-order valence-electron chi connectivity index (χ3n) is 1.08. The van der Waals surface area contributed by atoms with Gasteiger partial charge < -0.3 is 5.73 Å².